The molecule has 0 amide bonds. The third kappa shape index (κ3) is 2.90. The Balaban J connectivity index is 1.97. The summed E-state index contributed by atoms with van der Waals surface area (Å²) in [6.07, 6.45) is -2.47. The van der Waals surface area contributed by atoms with Crippen molar-refractivity contribution in [3.05, 3.63) is 70.9 Å². The number of rotatable bonds is 2. The highest BCUT2D eigenvalue weighted by Crippen LogP contribution is 2.30. The lowest BCUT2D eigenvalue weighted by Crippen LogP contribution is -2.06. The molecular weight excluding hydrogens is 299 g/mol. The Morgan fingerprint density at radius 1 is 1.00 bits per heavy atom. The molecule has 0 radical (unpaired) electrons. The van der Waals surface area contributed by atoms with Crippen LogP contribution in [0.2, 0.25) is 5.02 Å². The number of halogens is 4. The first-order valence-corrected chi connectivity index (χ1v) is 6.72. The molecule has 0 spiro atoms. The van der Waals surface area contributed by atoms with Gasteiger partial charge in [0.2, 0.25) is 0 Å². The Labute approximate surface area is 124 Å². The molecule has 0 atom stereocenters. The van der Waals surface area contributed by atoms with Crippen LogP contribution in [-0.4, -0.2) is 4.57 Å². The zero-order valence-corrected chi connectivity index (χ0v) is 11.6. The summed E-state index contributed by atoms with van der Waals surface area (Å²) in [5, 5.41) is 1.61. The van der Waals surface area contributed by atoms with E-state index in [4.69, 9.17) is 11.6 Å². The average molecular weight is 310 g/mol. The molecular formula is C16H11ClF3N. The van der Waals surface area contributed by atoms with Crippen LogP contribution in [0, 0.1) is 0 Å². The van der Waals surface area contributed by atoms with E-state index in [1.54, 1.807) is 12.1 Å². The monoisotopic (exact) mass is 309 g/mol. The van der Waals surface area contributed by atoms with Gasteiger partial charge in [0.15, 0.2) is 0 Å². The maximum Gasteiger partial charge on any atom is 0.416 e. The molecule has 1 heterocycles. The summed E-state index contributed by atoms with van der Waals surface area (Å²) in [5.41, 5.74) is 0.872. The topological polar surface area (TPSA) is 4.93 Å². The standard InChI is InChI=1S/C16H11ClF3N/c17-14-5-4-12-6-7-21(15(12)9-14)10-11-2-1-3-13(8-11)16(18,19)20/h1-9H,10H2. The number of alkyl halides is 3. The van der Waals surface area contributed by atoms with E-state index in [-0.39, 0.29) is 0 Å². The molecule has 0 aliphatic rings. The van der Waals surface area contributed by atoms with Gasteiger partial charge in [0.05, 0.1) is 5.56 Å². The van der Waals surface area contributed by atoms with Crippen LogP contribution in [0.15, 0.2) is 54.7 Å². The van der Waals surface area contributed by atoms with Crippen LogP contribution in [0.4, 0.5) is 13.2 Å². The Morgan fingerprint density at radius 3 is 2.57 bits per heavy atom. The fourth-order valence-electron chi connectivity index (χ4n) is 2.34. The molecule has 0 saturated heterocycles. The van der Waals surface area contributed by atoms with Gasteiger partial charge in [-0.3, -0.25) is 0 Å². The molecule has 0 aliphatic carbocycles. The first kappa shape index (κ1) is 14.0. The second-order valence-electron chi connectivity index (χ2n) is 4.84. The van der Waals surface area contributed by atoms with Crippen molar-refractivity contribution in [2.45, 2.75) is 12.7 Å². The first-order valence-electron chi connectivity index (χ1n) is 6.34. The van der Waals surface area contributed by atoms with Crippen LogP contribution in [-0.2, 0) is 12.7 Å². The van der Waals surface area contributed by atoms with Crippen LogP contribution in [0.3, 0.4) is 0 Å². The maximum atomic E-state index is 12.7. The van der Waals surface area contributed by atoms with Gasteiger partial charge in [-0.2, -0.15) is 13.2 Å². The molecule has 0 unspecified atom stereocenters. The van der Waals surface area contributed by atoms with E-state index in [9.17, 15) is 13.2 Å². The Hall–Kier alpha value is -1.94. The van der Waals surface area contributed by atoms with Crippen molar-refractivity contribution in [1.29, 1.82) is 0 Å². The summed E-state index contributed by atoms with van der Waals surface area (Å²) in [5.74, 6) is 0. The fraction of sp³-hybridized carbons (Fsp3) is 0.125. The Bertz CT molecular complexity index is 790. The van der Waals surface area contributed by atoms with E-state index in [1.165, 1.54) is 12.1 Å². The van der Waals surface area contributed by atoms with Crippen LogP contribution in [0.1, 0.15) is 11.1 Å². The van der Waals surface area contributed by atoms with Crippen molar-refractivity contribution in [1.82, 2.24) is 4.57 Å². The van der Waals surface area contributed by atoms with Gasteiger partial charge in [0, 0.05) is 23.3 Å². The quantitative estimate of drug-likeness (QED) is 0.600. The largest absolute Gasteiger partial charge is 0.416 e. The normalized spacial score (nSPS) is 12.0. The summed E-state index contributed by atoms with van der Waals surface area (Å²) in [4.78, 5) is 0. The van der Waals surface area contributed by atoms with Gasteiger partial charge >= 0.3 is 6.18 Å². The number of hydrogen-bond acceptors (Lipinski definition) is 0. The van der Waals surface area contributed by atoms with Gasteiger partial charge in [0.1, 0.15) is 0 Å². The van der Waals surface area contributed by atoms with Crippen LogP contribution in [0.5, 0.6) is 0 Å². The molecule has 1 nitrogen and oxygen atoms in total. The number of aromatic nitrogens is 1. The number of fused-ring (bicyclic) bond motifs is 1. The third-order valence-corrected chi connectivity index (χ3v) is 3.58. The lowest BCUT2D eigenvalue weighted by molar-refractivity contribution is -0.137. The van der Waals surface area contributed by atoms with E-state index in [2.05, 4.69) is 0 Å². The molecule has 0 fully saturated rings. The van der Waals surface area contributed by atoms with Crippen molar-refractivity contribution >= 4 is 22.5 Å². The molecule has 0 N–H and O–H groups in total. The highest BCUT2D eigenvalue weighted by molar-refractivity contribution is 6.31. The number of nitrogens with zero attached hydrogens (tertiary/aromatic N) is 1. The third-order valence-electron chi connectivity index (χ3n) is 3.34. The summed E-state index contributed by atoms with van der Waals surface area (Å²) in [6, 6.07) is 12.8. The molecule has 21 heavy (non-hydrogen) atoms. The van der Waals surface area contributed by atoms with Crippen molar-refractivity contribution in [3.8, 4) is 0 Å². The van der Waals surface area contributed by atoms with Crippen LogP contribution in [0.25, 0.3) is 10.9 Å². The minimum atomic E-state index is -4.32. The summed E-state index contributed by atoms with van der Waals surface area (Å²) in [6.45, 7) is 0.369. The molecule has 0 bridgehead atoms. The van der Waals surface area contributed by atoms with Crippen molar-refractivity contribution in [2.75, 3.05) is 0 Å². The second-order valence-corrected chi connectivity index (χ2v) is 5.28. The second kappa shape index (κ2) is 5.11. The zero-order chi connectivity index (χ0) is 15.0. The number of benzene rings is 2. The van der Waals surface area contributed by atoms with E-state index in [0.717, 1.165) is 17.0 Å². The lowest BCUT2D eigenvalue weighted by Gasteiger charge is -2.10. The van der Waals surface area contributed by atoms with Gasteiger partial charge in [-0.05, 0) is 41.3 Å². The van der Waals surface area contributed by atoms with Gasteiger partial charge in [-0.25, -0.2) is 0 Å². The van der Waals surface area contributed by atoms with Gasteiger partial charge in [-0.1, -0.05) is 29.8 Å². The molecule has 0 saturated carbocycles. The Kier molecular flexibility index (Phi) is 3.41. The Morgan fingerprint density at radius 2 is 1.81 bits per heavy atom. The van der Waals surface area contributed by atoms with Gasteiger partial charge in [0.25, 0.3) is 0 Å². The average Bonchev–Trinajstić information content (AvgIpc) is 2.81. The van der Waals surface area contributed by atoms with Gasteiger partial charge in [-0.15, -0.1) is 0 Å². The lowest BCUT2D eigenvalue weighted by atomic mass is 10.1. The summed E-state index contributed by atoms with van der Waals surface area (Å²) < 4.78 is 40.1. The van der Waals surface area contributed by atoms with Crippen molar-refractivity contribution < 1.29 is 13.2 Å². The van der Waals surface area contributed by atoms with Crippen molar-refractivity contribution in [3.63, 3.8) is 0 Å². The molecule has 2 aromatic carbocycles. The molecule has 3 aromatic rings. The van der Waals surface area contributed by atoms with Crippen molar-refractivity contribution in [2.24, 2.45) is 0 Å². The summed E-state index contributed by atoms with van der Waals surface area (Å²) >= 11 is 5.97. The minimum Gasteiger partial charge on any atom is -0.343 e. The maximum absolute atomic E-state index is 12.7. The van der Waals surface area contributed by atoms with Gasteiger partial charge < -0.3 is 4.57 Å². The number of hydrogen-bond donors (Lipinski definition) is 0. The highest BCUT2D eigenvalue weighted by Gasteiger charge is 2.30. The molecule has 3 rings (SSSR count). The van der Waals surface area contributed by atoms with E-state index >= 15 is 0 Å². The van der Waals surface area contributed by atoms with Crippen LogP contribution < -0.4 is 0 Å². The minimum absolute atomic E-state index is 0.369. The molecule has 1 aromatic heterocycles. The fourth-order valence-corrected chi connectivity index (χ4v) is 2.50. The van der Waals surface area contributed by atoms with E-state index < -0.39 is 11.7 Å². The molecule has 108 valence electrons. The SMILES string of the molecule is FC(F)(F)c1cccc(Cn2ccc3ccc(Cl)cc32)c1. The van der Waals surface area contributed by atoms with E-state index in [0.29, 0.717) is 17.1 Å². The molecule has 0 aliphatic heterocycles. The first-order chi connectivity index (χ1) is 9.93. The summed E-state index contributed by atoms with van der Waals surface area (Å²) in [7, 11) is 0. The molecule has 5 heteroatoms. The zero-order valence-electron chi connectivity index (χ0n) is 10.9. The predicted octanol–water partition coefficient (Wildman–Crippen LogP) is 5.36. The van der Waals surface area contributed by atoms with E-state index in [1.807, 2.05) is 29.0 Å². The van der Waals surface area contributed by atoms with Crippen LogP contribution >= 0.6 is 11.6 Å². The predicted molar refractivity (Wildman–Crippen MR) is 77.5 cm³/mol. The highest BCUT2D eigenvalue weighted by atomic mass is 35.5. The smallest absolute Gasteiger partial charge is 0.343 e.